The van der Waals surface area contributed by atoms with Crippen LogP contribution in [0.1, 0.15) is 5.56 Å². The zero-order chi connectivity index (χ0) is 20.1. The third-order valence-corrected chi connectivity index (χ3v) is 7.51. The Morgan fingerprint density at radius 1 is 0.931 bits per heavy atom. The summed E-state index contributed by atoms with van der Waals surface area (Å²) >= 11 is 0. The number of nitrogens with one attached hydrogen (secondary N) is 1. The highest BCUT2D eigenvalue weighted by atomic mass is 31.2. The van der Waals surface area contributed by atoms with Crippen molar-refractivity contribution in [2.45, 2.75) is 0 Å². The summed E-state index contributed by atoms with van der Waals surface area (Å²) < 4.78 is 24.4. The van der Waals surface area contributed by atoms with E-state index in [0.717, 1.165) is 5.56 Å². The first-order valence-electron chi connectivity index (χ1n) is 9.07. The maximum atomic E-state index is 13.8. The maximum absolute atomic E-state index is 13.8. The van der Waals surface area contributed by atoms with E-state index in [4.69, 9.17) is 9.47 Å². The van der Waals surface area contributed by atoms with E-state index in [1.165, 1.54) is 6.21 Å². The third kappa shape index (κ3) is 4.23. The lowest BCUT2D eigenvalue weighted by Crippen LogP contribution is -2.28. The Bertz CT molecular complexity index is 1040. The van der Waals surface area contributed by atoms with Crippen LogP contribution in [0.15, 0.2) is 84.0 Å². The minimum atomic E-state index is -3.13. The first kappa shape index (κ1) is 19.0. The fourth-order valence-electron chi connectivity index (χ4n) is 3.08. The molecule has 29 heavy (non-hydrogen) atoms. The second-order valence-electron chi connectivity index (χ2n) is 6.47. The van der Waals surface area contributed by atoms with Crippen LogP contribution >= 0.6 is 7.14 Å². The van der Waals surface area contributed by atoms with Gasteiger partial charge in [-0.05, 0) is 23.8 Å². The van der Waals surface area contributed by atoms with Gasteiger partial charge in [0.1, 0.15) is 0 Å². The van der Waals surface area contributed by atoms with Gasteiger partial charge >= 0.3 is 0 Å². The van der Waals surface area contributed by atoms with Crippen LogP contribution in [-0.4, -0.2) is 25.1 Å². The fourth-order valence-corrected chi connectivity index (χ4v) is 5.53. The van der Waals surface area contributed by atoms with Crippen LogP contribution in [0.4, 0.5) is 0 Å². The highest BCUT2D eigenvalue weighted by molar-refractivity contribution is 7.79. The molecule has 0 bridgehead atoms. The summed E-state index contributed by atoms with van der Waals surface area (Å²) in [6.07, 6.45) is 1.34. The van der Waals surface area contributed by atoms with E-state index < -0.39 is 13.0 Å². The van der Waals surface area contributed by atoms with E-state index in [1.807, 2.05) is 42.5 Å². The number of nitrogens with zero attached hydrogens (tertiary/aromatic N) is 1. The molecule has 7 heteroatoms. The predicted molar refractivity (Wildman–Crippen MR) is 113 cm³/mol. The van der Waals surface area contributed by atoms with Gasteiger partial charge in [0.2, 0.25) is 12.7 Å². The minimum absolute atomic E-state index is 0.167. The van der Waals surface area contributed by atoms with Crippen molar-refractivity contribution in [1.82, 2.24) is 5.43 Å². The van der Waals surface area contributed by atoms with Crippen molar-refractivity contribution in [3.63, 3.8) is 0 Å². The molecule has 1 N–H and O–H groups in total. The Kier molecular flexibility index (Phi) is 5.45. The van der Waals surface area contributed by atoms with Crippen molar-refractivity contribution in [3.8, 4) is 11.5 Å². The third-order valence-electron chi connectivity index (χ3n) is 4.51. The van der Waals surface area contributed by atoms with Crippen molar-refractivity contribution in [3.05, 3.63) is 84.4 Å². The monoisotopic (exact) mass is 406 g/mol. The summed E-state index contributed by atoms with van der Waals surface area (Å²) in [6.45, 7) is 0.195. The minimum Gasteiger partial charge on any atom is -0.454 e. The summed E-state index contributed by atoms with van der Waals surface area (Å²) in [6, 6.07) is 23.5. The summed E-state index contributed by atoms with van der Waals surface area (Å²) in [5.74, 6) is 0.897. The zero-order valence-electron chi connectivity index (χ0n) is 15.5. The number of fused-ring (bicyclic) bond motifs is 1. The molecule has 0 spiro atoms. The van der Waals surface area contributed by atoms with Gasteiger partial charge in [-0.3, -0.25) is 4.79 Å². The Morgan fingerprint density at radius 3 is 2.21 bits per heavy atom. The van der Waals surface area contributed by atoms with Crippen LogP contribution in [0.25, 0.3) is 0 Å². The molecule has 3 aromatic rings. The molecule has 0 saturated carbocycles. The highest BCUT2D eigenvalue weighted by Crippen LogP contribution is 2.42. The average molecular weight is 406 g/mol. The molecule has 1 aliphatic rings. The first-order valence-corrected chi connectivity index (χ1v) is 11.0. The molecule has 6 nitrogen and oxygen atoms in total. The second-order valence-corrected chi connectivity index (χ2v) is 9.30. The second kappa shape index (κ2) is 8.33. The van der Waals surface area contributed by atoms with Crippen molar-refractivity contribution < 1.29 is 18.8 Å². The van der Waals surface area contributed by atoms with Gasteiger partial charge in [0.25, 0.3) is 0 Å². The summed E-state index contributed by atoms with van der Waals surface area (Å²) in [7, 11) is -3.13. The van der Waals surface area contributed by atoms with Gasteiger partial charge in [0.05, 0.1) is 12.4 Å². The molecule has 0 aliphatic carbocycles. The first-order chi connectivity index (χ1) is 14.1. The Labute approximate surface area is 168 Å². The molecule has 0 aromatic heterocycles. The average Bonchev–Trinajstić information content (AvgIpc) is 3.23. The normalized spacial score (nSPS) is 12.8. The quantitative estimate of drug-likeness (QED) is 0.388. The largest absolute Gasteiger partial charge is 0.454 e. The number of hydrazone groups is 1. The molecule has 4 rings (SSSR count). The Hall–Kier alpha value is -3.37. The lowest BCUT2D eigenvalue weighted by molar-refractivity contribution is -0.118. The number of hydrogen-bond donors (Lipinski definition) is 1. The lowest BCUT2D eigenvalue weighted by atomic mass is 10.2. The van der Waals surface area contributed by atoms with Crippen LogP contribution in [0.3, 0.4) is 0 Å². The van der Waals surface area contributed by atoms with Crippen LogP contribution in [-0.2, 0) is 9.36 Å². The van der Waals surface area contributed by atoms with E-state index in [1.54, 1.807) is 36.4 Å². The van der Waals surface area contributed by atoms with Gasteiger partial charge in [-0.15, -0.1) is 0 Å². The van der Waals surface area contributed by atoms with Crippen molar-refractivity contribution in [2.24, 2.45) is 5.10 Å². The van der Waals surface area contributed by atoms with Crippen molar-refractivity contribution >= 4 is 29.9 Å². The number of ether oxygens (including phenoxy) is 2. The van der Waals surface area contributed by atoms with Gasteiger partial charge in [0.15, 0.2) is 18.6 Å². The van der Waals surface area contributed by atoms with E-state index in [2.05, 4.69) is 10.5 Å². The Balaban J connectivity index is 1.49. The van der Waals surface area contributed by atoms with E-state index >= 15 is 0 Å². The van der Waals surface area contributed by atoms with Crippen LogP contribution in [0, 0.1) is 0 Å². The smallest absolute Gasteiger partial charge is 0.248 e. The molecule has 1 aliphatic heterocycles. The van der Waals surface area contributed by atoms with Crippen molar-refractivity contribution in [2.75, 3.05) is 13.0 Å². The van der Waals surface area contributed by atoms with Gasteiger partial charge in [-0.1, -0.05) is 60.7 Å². The van der Waals surface area contributed by atoms with Crippen LogP contribution in [0.5, 0.6) is 11.5 Å². The van der Waals surface area contributed by atoms with Crippen LogP contribution < -0.4 is 25.5 Å². The molecule has 3 aromatic carbocycles. The summed E-state index contributed by atoms with van der Waals surface area (Å²) in [5, 5.41) is 5.28. The maximum Gasteiger partial charge on any atom is 0.248 e. The van der Waals surface area contributed by atoms with Gasteiger partial charge in [-0.25, -0.2) is 5.43 Å². The van der Waals surface area contributed by atoms with Gasteiger partial charge in [-0.2, -0.15) is 5.10 Å². The molecule has 0 radical (unpaired) electrons. The lowest BCUT2D eigenvalue weighted by Gasteiger charge is -2.18. The molecule has 0 saturated heterocycles. The molecule has 1 heterocycles. The topological polar surface area (TPSA) is 77.0 Å². The van der Waals surface area contributed by atoms with Gasteiger partial charge in [0, 0.05) is 10.6 Å². The number of benzene rings is 3. The Morgan fingerprint density at radius 2 is 1.55 bits per heavy atom. The standard InChI is InChI=1S/C22H19N2O4P/c25-22(24-23-14-17-11-12-20-21(13-17)28-16-27-20)15-29(26,18-7-3-1-4-8-18)19-9-5-2-6-10-19/h1-14H,15-16H2,(H,24,25)/b23-14-. The number of hydrogen-bond acceptors (Lipinski definition) is 5. The van der Waals surface area contributed by atoms with E-state index in [0.29, 0.717) is 22.1 Å². The molecule has 0 unspecified atom stereocenters. The predicted octanol–water partition coefficient (Wildman–Crippen LogP) is 2.88. The molecule has 1 amide bonds. The number of rotatable bonds is 6. The summed E-state index contributed by atoms with van der Waals surface area (Å²) in [5.41, 5.74) is 3.23. The molecular weight excluding hydrogens is 387 g/mol. The van der Waals surface area contributed by atoms with Crippen molar-refractivity contribution in [1.29, 1.82) is 0 Å². The molecular formula is C22H19N2O4P. The molecule has 0 fully saturated rings. The van der Waals surface area contributed by atoms with Gasteiger partial charge < -0.3 is 14.0 Å². The summed E-state index contributed by atoms with van der Waals surface area (Å²) in [4.78, 5) is 12.5. The SMILES string of the molecule is O=C(CP(=O)(c1ccccc1)c1ccccc1)N/N=C\c1ccc2c(c1)OCO2. The highest BCUT2D eigenvalue weighted by Gasteiger charge is 2.30. The number of amides is 1. The zero-order valence-corrected chi connectivity index (χ0v) is 16.4. The van der Waals surface area contributed by atoms with E-state index in [9.17, 15) is 9.36 Å². The molecule has 0 atom stereocenters. The number of carbonyl (C=O) groups is 1. The molecule has 146 valence electrons. The van der Waals surface area contributed by atoms with E-state index in [-0.39, 0.29) is 13.0 Å². The number of carbonyl (C=O) groups excluding carboxylic acids is 1. The van der Waals surface area contributed by atoms with Crippen LogP contribution in [0.2, 0.25) is 0 Å². The fraction of sp³-hybridized carbons (Fsp3) is 0.0909.